The van der Waals surface area contributed by atoms with Crippen molar-refractivity contribution in [1.29, 1.82) is 0 Å². The van der Waals surface area contributed by atoms with Crippen LogP contribution in [0.15, 0.2) is 22.7 Å². The van der Waals surface area contributed by atoms with E-state index in [0.29, 0.717) is 0 Å². The molecule has 0 atom stereocenters. The van der Waals surface area contributed by atoms with Crippen LogP contribution < -0.4 is 5.32 Å². The predicted molar refractivity (Wildman–Crippen MR) is 55.9 cm³/mol. The van der Waals surface area contributed by atoms with Crippen LogP contribution in [-0.4, -0.2) is 7.05 Å². The van der Waals surface area contributed by atoms with Crippen molar-refractivity contribution in [3.8, 4) is 0 Å². The molecule has 1 N–H and O–H groups in total. The molecule has 1 aromatic carbocycles. The van der Waals surface area contributed by atoms with Crippen LogP contribution in [0.1, 0.15) is 0 Å². The van der Waals surface area contributed by atoms with Gasteiger partial charge in [0.05, 0.1) is 0 Å². The number of hydrogen-bond donors (Lipinski definition) is 1. The standard InChI is InChI=1S/C7H7BrClN.ClH/c1-10-7-3-5(8)2-6(9)4-7;/h2-4,10H,1H3;1H. The molecule has 0 aromatic heterocycles. The first kappa shape index (κ1) is 11.1. The SMILES string of the molecule is CNc1cc(Cl)cc(Br)c1.Cl. The Morgan fingerprint density at radius 2 is 2.00 bits per heavy atom. The minimum absolute atomic E-state index is 0. The number of benzene rings is 1. The Hall–Kier alpha value is 0.0800. The zero-order valence-corrected chi connectivity index (χ0v) is 9.05. The summed E-state index contributed by atoms with van der Waals surface area (Å²) >= 11 is 9.09. The maximum Gasteiger partial charge on any atom is 0.0437 e. The van der Waals surface area contributed by atoms with Crippen molar-refractivity contribution >= 4 is 45.6 Å². The van der Waals surface area contributed by atoms with Crippen LogP contribution in [0, 0.1) is 0 Å². The van der Waals surface area contributed by atoms with Crippen LogP contribution >= 0.6 is 39.9 Å². The Bertz CT molecular complexity index is 220. The van der Waals surface area contributed by atoms with Crippen LogP contribution in [-0.2, 0) is 0 Å². The first-order valence-electron chi connectivity index (χ1n) is 2.86. The Balaban J connectivity index is 0.000001000. The number of hydrogen-bond acceptors (Lipinski definition) is 1. The average molecular weight is 257 g/mol. The van der Waals surface area contributed by atoms with Gasteiger partial charge in [0.25, 0.3) is 0 Å². The highest BCUT2D eigenvalue weighted by molar-refractivity contribution is 9.10. The van der Waals surface area contributed by atoms with E-state index < -0.39 is 0 Å². The topological polar surface area (TPSA) is 12.0 Å². The molecule has 0 saturated heterocycles. The highest BCUT2D eigenvalue weighted by Gasteiger charge is 1.93. The molecule has 0 aliphatic carbocycles. The minimum Gasteiger partial charge on any atom is -0.388 e. The smallest absolute Gasteiger partial charge is 0.0437 e. The predicted octanol–water partition coefficient (Wildman–Crippen LogP) is 3.57. The number of rotatable bonds is 1. The van der Waals surface area contributed by atoms with Crippen molar-refractivity contribution in [2.75, 3.05) is 12.4 Å². The molecule has 0 heterocycles. The monoisotopic (exact) mass is 255 g/mol. The number of halogens is 3. The van der Waals surface area contributed by atoms with Gasteiger partial charge >= 0.3 is 0 Å². The molecule has 0 amide bonds. The molecular formula is C7H8BrCl2N. The molecule has 11 heavy (non-hydrogen) atoms. The van der Waals surface area contributed by atoms with E-state index >= 15 is 0 Å². The third-order valence-electron chi connectivity index (χ3n) is 1.15. The summed E-state index contributed by atoms with van der Waals surface area (Å²) in [5.41, 5.74) is 1.01. The van der Waals surface area contributed by atoms with Crippen molar-refractivity contribution in [2.24, 2.45) is 0 Å². The third kappa shape index (κ3) is 3.32. The van der Waals surface area contributed by atoms with E-state index in [1.807, 2.05) is 25.2 Å². The molecule has 1 rings (SSSR count). The van der Waals surface area contributed by atoms with Gasteiger partial charge in [0.2, 0.25) is 0 Å². The summed E-state index contributed by atoms with van der Waals surface area (Å²) < 4.78 is 0.990. The van der Waals surface area contributed by atoms with E-state index in [4.69, 9.17) is 11.6 Å². The second kappa shape index (κ2) is 4.86. The molecule has 0 radical (unpaired) electrons. The van der Waals surface area contributed by atoms with Crippen molar-refractivity contribution in [3.05, 3.63) is 27.7 Å². The highest BCUT2D eigenvalue weighted by atomic mass is 79.9. The normalized spacial score (nSPS) is 8.64. The fraction of sp³-hybridized carbons (Fsp3) is 0.143. The second-order valence-corrected chi connectivity index (χ2v) is 3.26. The first-order chi connectivity index (χ1) is 4.72. The fourth-order valence-electron chi connectivity index (χ4n) is 0.698. The molecular weight excluding hydrogens is 249 g/mol. The Morgan fingerprint density at radius 3 is 2.45 bits per heavy atom. The molecule has 0 unspecified atom stereocenters. The van der Waals surface area contributed by atoms with Gasteiger partial charge in [-0.25, -0.2) is 0 Å². The summed E-state index contributed by atoms with van der Waals surface area (Å²) in [6.07, 6.45) is 0. The Labute approximate surface area is 85.7 Å². The van der Waals surface area contributed by atoms with Crippen molar-refractivity contribution in [3.63, 3.8) is 0 Å². The minimum atomic E-state index is 0. The van der Waals surface area contributed by atoms with Gasteiger partial charge in [0, 0.05) is 22.2 Å². The Morgan fingerprint density at radius 1 is 1.36 bits per heavy atom. The van der Waals surface area contributed by atoms with Crippen LogP contribution in [0.25, 0.3) is 0 Å². The van der Waals surface area contributed by atoms with E-state index in [9.17, 15) is 0 Å². The number of anilines is 1. The van der Waals surface area contributed by atoms with Gasteiger partial charge in [-0.15, -0.1) is 12.4 Å². The summed E-state index contributed by atoms with van der Waals surface area (Å²) in [6.45, 7) is 0. The van der Waals surface area contributed by atoms with Gasteiger partial charge in [0.15, 0.2) is 0 Å². The van der Waals surface area contributed by atoms with E-state index in [2.05, 4.69) is 21.2 Å². The number of nitrogens with one attached hydrogen (secondary N) is 1. The third-order valence-corrected chi connectivity index (χ3v) is 1.83. The molecule has 1 nitrogen and oxygen atoms in total. The first-order valence-corrected chi connectivity index (χ1v) is 4.03. The molecule has 0 spiro atoms. The van der Waals surface area contributed by atoms with Gasteiger partial charge in [-0.3, -0.25) is 0 Å². The van der Waals surface area contributed by atoms with Crippen LogP contribution in [0.3, 0.4) is 0 Å². The maximum absolute atomic E-state index is 5.76. The zero-order chi connectivity index (χ0) is 7.56. The lowest BCUT2D eigenvalue weighted by molar-refractivity contribution is 1.50. The summed E-state index contributed by atoms with van der Waals surface area (Å²) in [5.74, 6) is 0. The van der Waals surface area contributed by atoms with Crippen molar-refractivity contribution in [2.45, 2.75) is 0 Å². The van der Waals surface area contributed by atoms with Gasteiger partial charge in [-0.05, 0) is 18.2 Å². The molecule has 4 heteroatoms. The lowest BCUT2D eigenvalue weighted by atomic mass is 10.3. The molecule has 0 aliphatic rings. The van der Waals surface area contributed by atoms with Crippen LogP contribution in [0.4, 0.5) is 5.69 Å². The van der Waals surface area contributed by atoms with E-state index in [-0.39, 0.29) is 12.4 Å². The maximum atomic E-state index is 5.76. The summed E-state index contributed by atoms with van der Waals surface area (Å²) in [4.78, 5) is 0. The molecule has 0 bridgehead atoms. The molecule has 1 aromatic rings. The fourth-order valence-corrected chi connectivity index (χ4v) is 1.56. The van der Waals surface area contributed by atoms with Gasteiger partial charge in [-0.2, -0.15) is 0 Å². The zero-order valence-electron chi connectivity index (χ0n) is 5.90. The van der Waals surface area contributed by atoms with Crippen LogP contribution in [0.5, 0.6) is 0 Å². The van der Waals surface area contributed by atoms with Crippen molar-refractivity contribution < 1.29 is 0 Å². The quantitative estimate of drug-likeness (QED) is 0.810. The lowest BCUT2D eigenvalue weighted by Gasteiger charge is -2.00. The average Bonchev–Trinajstić information content (AvgIpc) is 1.85. The summed E-state index contributed by atoms with van der Waals surface area (Å²) in [6, 6.07) is 5.68. The molecule has 0 fully saturated rings. The molecule has 62 valence electrons. The highest BCUT2D eigenvalue weighted by Crippen LogP contribution is 2.22. The molecule has 0 aliphatic heterocycles. The van der Waals surface area contributed by atoms with Gasteiger partial charge in [0.1, 0.15) is 0 Å². The summed E-state index contributed by atoms with van der Waals surface area (Å²) in [5, 5.41) is 3.73. The van der Waals surface area contributed by atoms with Gasteiger partial charge < -0.3 is 5.32 Å². The van der Waals surface area contributed by atoms with E-state index in [0.717, 1.165) is 15.2 Å². The van der Waals surface area contributed by atoms with Crippen LogP contribution in [0.2, 0.25) is 5.02 Å². The Kier molecular flexibility index (Phi) is 4.89. The summed E-state index contributed by atoms with van der Waals surface area (Å²) in [7, 11) is 1.86. The lowest BCUT2D eigenvalue weighted by Crippen LogP contribution is -1.86. The molecule has 0 saturated carbocycles. The second-order valence-electron chi connectivity index (χ2n) is 1.91. The van der Waals surface area contributed by atoms with E-state index in [1.54, 1.807) is 0 Å². The van der Waals surface area contributed by atoms with Gasteiger partial charge in [-0.1, -0.05) is 27.5 Å². The largest absolute Gasteiger partial charge is 0.388 e. The van der Waals surface area contributed by atoms with Crippen molar-refractivity contribution in [1.82, 2.24) is 0 Å². The van der Waals surface area contributed by atoms with E-state index in [1.165, 1.54) is 0 Å².